The minimum atomic E-state index is -0.667. The molecule has 3 aromatic rings. The molecule has 0 atom stereocenters. The van der Waals surface area contributed by atoms with Gasteiger partial charge >= 0.3 is 5.97 Å². The number of fused-ring (bicyclic) bond motifs is 1. The number of aromatic hydroxyl groups is 1. The van der Waals surface area contributed by atoms with Gasteiger partial charge in [-0.2, -0.15) is 5.11 Å². The monoisotopic (exact) mass is 461 g/mol. The molecule has 2 amide bonds. The molecule has 4 rings (SSSR count). The molecule has 1 fully saturated rings. The van der Waals surface area contributed by atoms with Crippen molar-refractivity contribution in [1.82, 2.24) is 4.90 Å². The van der Waals surface area contributed by atoms with E-state index in [0.29, 0.717) is 28.7 Å². The minimum absolute atomic E-state index is 0.0859. The van der Waals surface area contributed by atoms with Crippen LogP contribution in [0.3, 0.4) is 0 Å². The lowest BCUT2D eigenvalue weighted by molar-refractivity contribution is -0.145. The normalized spacial score (nSPS) is 15.2. The molecule has 0 radical (unpaired) electrons. The van der Waals surface area contributed by atoms with Crippen LogP contribution in [0.25, 0.3) is 16.8 Å². The lowest BCUT2D eigenvalue weighted by Gasteiger charge is -2.10. The molecule has 1 N–H and O–H groups in total. The number of imide groups is 1. The molecule has 0 bridgehead atoms. The third kappa shape index (κ3) is 4.93. The second-order valence-electron chi connectivity index (χ2n) is 7.01. The van der Waals surface area contributed by atoms with Gasteiger partial charge in [-0.3, -0.25) is 19.3 Å². The largest absolute Gasteiger partial charge is 0.507 e. The van der Waals surface area contributed by atoms with Gasteiger partial charge in [0.1, 0.15) is 12.3 Å². The fraction of sp³-hybridized carbons (Fsp3) is 0.125. The lowest BCUT2D eigenvalue weighted by Crippen LogP contribution is -2.34. The van der Waals surface area contributed by atoms with E-state index in [1.54, 1.807) is 19.1 Å². The van der Waals surface area contributed by atoms with Crippen LogP contribution in [0.5, 0.6) is 5.75 Å². The molecular weight excluding hydrogens is 442 g/mol. The Morgan fingerprint density at radius 2 is 1.88 bits per heavy atom. The third-order valence-corrected chi connectivity index (χ3v) is 5.71. The Morgan fingerprint density at radius 3 is 2.70 bits per heavy atom. The molecule has 1 heterocycles. The van der Waals surface area contributed by atoms with Crippen molar-refractivity contribution in [2.24, 2.45) is 10.2 Å². The molecule has 1 saturated heterocycles. The molecular formula is C24H19N3O5S. The lowest BCUT2D eigenvalue weighted by atomic mass is 10.1. The predicted molar refractivity (Wildman–Crippen MR) is 126 cm³/mol. The number of amides is 2. The van der Waals surface area contributed by atoms with Crippen LogP contribution in [0, 0.1) is 0 Å². The van der Waals surface area contributed by atoms with Crippen LogP contribution in [-0.4, -0.2) is 40.3 Å². The van der Waals surface area contributed by atoms with Gasteiger partial charge < -0.3 is 9.84 Å². The topological polar surface area (TPSA) is 109 Å². The molecule has 0 unspecified atom stereocenters. The number of benzene rings is 3. The van der Waals surface area contributed by atoms with Gasteiger partial charge in [-0.15, -0.1) is 5.11 Å². The summed E-state index contributed by atoms with van der Waals surface area (Å²) in [5.41, 5.74) is 1.45. The summed E-state index contributed by atoms with van der Waals surface area (Å²) in [5, 5.41) is 20.3. The number of nitrogens with zero attached hydrogens (tertiary/aromatic N) is 3. The number of azo groups is 1. The van der Waals surface area contributed by atoms with Crippen LogP contribution in [0.15, 0.2) is 75.8 Å². The molecule has 8 nitrogen and oxygen atoms in total. The van der Waals surface area contributed by atoms with E-state index in [2.05, 4.69) is 10.2 Å². The van der Waals surface area contributed by atoms with Gasteiger partial charge in [-0.25, -0.2) is 0 Å². The fourth-order valence-electron chi connectivity index (χ4n) is 3.24. The van der Waals surface area contributed by atoms with Crippen LogP contribution >= 0.6 is 11.8 Å². The van der Waals surface area contributed by atoms with Crippen molar-refractivity contribution < 1.29 is 24.2 Å². The molecule has 9 heteroatoms. The highest BCUT2D eigenvalue weighted by molar-refractivity contribution is 8.18. The van der Waals surface area contributed by atoms with E-state index in [1.807, 2.05) is 42.5 Å². The number of carbonyl (C=O) groups is 3. The van der Waals surface area contributed by atoms with Gasteiger partial charge in [0, 0.05) is 10.9 Å². The van der Waals surface area contributed by atoms with Crippen LogP contribution in [0.4, 0.5) is 16.2 Å². The molecule has 3 aromatic carbocycles. The second-order valence-corrected chi connectivity index (χ2v) is 8.01. The second kappa shape index (κ2) is 9.66. The molecule has 0 spiro atoms. The highest BCUT2D eigenvalue weighted by atomic mass is 32.2. The summed E-state index contributed by atoms with van der Waals surface area (Å²) in [7, 11) is 0. The van der Waals surface area contributed by atoms with E-state index in [-0.39, 0.29) is 17.3 Å². The third-order valence-electron chi connectivity index (χ3n) is 4.80. The first kappa shape index (κ1) is 22.2. The number of phenols is 1. The molecule has 0 saturated carbocycles. The van der Waals surface area contributed by atoms with Crippen molar-refractivity contribution >= 4 is 57.1 Å². The average Bonchev–Trinajstić information content (AvgIpc) is 3.07. The predicted octanol–water partition coefficient (Wildman–Crippen LogP) is 5.56. The van der Waals surface area contributed by atoms with Crippen LogP contribution in [0.1, 0.15) is 12.5 Å². The number of thioether (sulfide) groups is 1. The first-order chi connectivity index (χ1) is 16.0. The minimum Gasteiger partial charge on any atom is -0.507 e. The molecule has 1 aliphatic heterocycles. The Bertz CT molecular complexity index is 1310. The smallest absolute Gasteiger partial charge is 0.326 e. The highest BCUT2D eigenvalue weighted by Crippen LogP contribution is 2.35. The van der Waals surface area contributed by atoms with E-state index in [0.717, 1.165) is 15.7 Å². The van der Waals surface area contributed by atoms with E-state index in [9.17, 15) is 19.5 Å². The summed E-state index contributed by atoms with van der Waals surface area (Å²) < 4.78 is 4.80. The van der Waals surface area contributed by atoms with Gasteiger partial charge in [0.15, 0.2) is 0 Å². The Kier molecular flexibility index (Phi) is 6.50. The molecule has 1 aliphatic rings. The van der Waals surface area contributed by atoms with Crippen molar-refractivity contribution in [1.29, 1.82) is 0 Å². The Morgan fingerprint density at radius 1 is 1.09 bits per heavy atom. The van der Waals surface area contributed by atoms with Crippen LogP contribution in [-0.2, 0) is 14.3 Å². The van der Waals surface area contributed by atoms with Crippen molar-refractivity contribution in [2.75, 3.05) is 13.2 Å². The number of hydrogen-bond acceptors (Lipinski definition) is 8. The van der Waals surface area contributed by atoms with Gasteiger partial charge in [-0.05, 0) is 54.4 Å². The summed E-state index contributed by atoms with van der Waals surface area (Å²) in [6, 6.07) is 18.1. The Labute approximate surface area is 193 Å². The standard InChI is InChI=1S/C24H19N3O5S/c1-2-32-22(29)14-27-23(30)21(33-24(27)31)13-16-12-17(10-11-20(16)28)25-26-19-9-5-7-15-6-3-4-8-18(15)19/h3-13,28H,2,14H2,1H3/b21-13-,26-25?. The summed E-state index contributed by atoms with van der Waals surface area (Å²) in [4.78, 5) is 37.3. The zero-order valence-electron chi connectivity index (χ0n) is 17.6. The van der Waals surface area contributed by atoms with Crippen LogP contribution in [0.2, 0.25) is 0 Å². The first-order valence-electron chi connectivity index (χ1n) is 10.1. The van der Waals surface area contributed by atoms with E-state index in [1.165, 1.54) is 12.1 Å². The first-order valence-corrected chi connectivity index (χ1v) is 10.9. The summed E-state index contributed by atoms with van der Waals surface area (Å²) in [6.45, 7) is 1.33. The zero-order chi connectivity index (χ0) is 23.4. The van der Waals surface area contributed by atoms with Gasteiger partial charge in [0.05, 0.1) is 22.9 Å². The molecule has 166 valence electrons. The van der Waals surface area contributed by atoms with Crippen LogP contribution < -0.4 is 0 Å². The zero-order valence-corrected chi connectivity index (χ0v) is 18.4. The maximum Gasteiger partial charge on any atom is 0.326 e. The SMILES string of the molecule is CCOC(=O)CN1C(=O)S/C(=C\c2cc(N=Nc3cccc4ccccc34)ccc2O)C1=O. The number of esters is 1. The number of hydrogen-bond donors (Lipinski definition) is 1. The molecule has 33 heavy (non-hydrogen) atoms. The molecule has 0 aliphatic carbocycles. The van der Waals surface area contributed by atoms with Crippen molar-refractivity contribution in [3.05, 3.63) is 71.1 Å². The van der Waals surface area contributed by atoms with Gasteiger partial charge in [0.2, 0.25) is 0 Å². The summed E-state index contributed by atoms with van der Waals surface area (Å²) in [6.07, 6.45) is 1.39. The van der Waals surface area contributed by atoms with Crippen molar-refractivity contribution in [2.45, 2.75) is 6.92 Å². The molecule has 0 aromatic heterocycles. The van der Waals surface area contributed by atoms with Gasteiger partial charge in [-0.1, -0.05) is 36.4 Å². The number of carbonyl (C=O) groups excluding carboxylic acids is 3. The van der Waals surface area contributed by atoms with E-state index < -0.39 is 23.7 Å². The van der Waals surface area contributed by atoms with Crippen molar-refractivity contribution in [3.8, 4) is 5.75 Å². The Hall–Kier alpha value is -3.98. The maximum atomic E-state index is 12.6. The number of ether oxygens (including phenoxy) is 1. The average molecular weight is 461 g/mol. The summed E-state index contributed by atoms with van der Waals surface area (Å²) >= 11 is 0.688. The van der Waals surface area contributed by atoms with Gasteiger partial charge in [0.25, 0.3) is 11.1 Å². The number of rotatable bonds is 6. The Balaban J connectivity index is 1.58. The number of phenolic OH excluding ortho intramolecular Hbond substituents is 1. The quantitative estimate of drug-likeness (QED) is 0.292. The maximum absolute atomic E-state index is 12.6. The summed E-state index contributed by atoms with van der Waals surface area (Å²) in [5.74, 6) is -1.38. The van der Waals surface area contributed by atoms with Crippen molar-refractivity contribution in [3.63, 3.8) is 0 Å². The van der Waals surface area contributed by atoms with E-state index in [4.69, 9.17) is 4.74 Å². The van der Waals surface area contributed by atoms with E-state index >= 15 is 0 Å². The highest BCUT2D eigenvalue weighted by Gasteiger charge is 2.36. The fourth-order valence-corrected chi connectivity index (χ4v) is 4.07.